The second-order valence-electron chi connectivity index (χ2n) is 9.77. The normalized spacial score (nSPS) is 19.5. The Labute approximate surface area is 266 Å². The van der Waals surface area contributed by atoms with Crippen LogP contribution in [0.1, 0.15) is 0 Å². The van der Waals surface area contributed by atoms with Crippen LogP contribution < -0.4 is 10.4 Å². The van der Waals surface area contributed by atoms with E-state index in [1.54, 1.807) is 0 Å². The third-order valence-electron chi connectivity index (χ3n) is 7.43. The summed E-state index contributed by atoms with van der Waals surface area (Å²) in [6.45, 7) is 0. The van der Waals surface area contributed by atoms with Gasteiger partial charge in [-0.2, -0.15) is 0 Å². The summed E-state index contributed by atoms with van der Waals surface area (Å²) >= 11 is 16.2. The Morgan fingerprint density at radius 1 is 0.350 bits per heavy atom. The van der Waals surface area contributed by atoms with Gasteiger partial charge in [-0.1, -0.05) is 95.6 Å². The van der Waals surface area contributed by atoms with E-state index in [4.69, 9.17) is 0 Å². The third-order valence-corrected chi connectivity index (χ3v) is 19.0. The van der Waals surface area contributed by atoms with E-state index in [2.05, 4.69) is 72.8 Å². The van der Waals surface area contributed by atoms with E-state index < -0.39 is 0 Å². The number of hydrogen-bond acceptors (Lipinski definition) is 8. The van der Waals surface area contributed by atoms with E-state index in [1.165, 1.54) is 102 Å². The van der Waals surface area contributed by atoms with Gasteiger partial charge >= 0.3 is 0 Å². The number of thioether (sulfide) groups is 8. The molecule has 4 aliphatic rings. The van der Waals surface area contributed by atoms with Gasteiger partial charge in [-0.25, -0.2) is 0 Å². The third kappa shape index (κ3) is 4.23. The highest BCUT2D eigenvalue weighted by atomic mass is 32.3. The van der Waals surface area contributed by atoms with Crippen LogP contribution in [0.2, 0.25) is 0 Å². The van der Waals surface area contributed by atoms with Crippen LogP contribution in [-0.4, -0.2) is 23.0 Å². The molecule has 0 N–H and O–H groups in total. The van der Waals surface area contributed by atoms with Crippen LogP contribution in [0.15, 0.2) is 89.7 Å². The maximum atomic E-state index is 2.48. The van der Waals surface area contributed by atoms with Gasteiger partial charge in [0, 0.05) is 33.4 Å². The van der Waals surface area contributed by atoms with Crippen LogP contribution in [0.5, 0.6) is 0 Å². The fourth-order valence-electron chi connectivity index (χ4n) is 5.68. The fraction of sp³-hybridized carbons (Fsp3) is 0.125. The number of fused-ring (bicyclic) bond motifs is 4. The molecular weight excluding hydrogens is 641 g/mol. The van der Waals surface area contributed by atoms with Crippen molar-refractivity contribution in [1.82, 2.24) is 0 Å². The van der Waals surface area contributed by atoms with Gasteiger partial charge in [-0.3, -0.25) is 0 Å². The fourth-order valence-corrected chi connectivity index (χ4v) is 17.8. The van der Waals surface area contributed by atoms with Gasteiger partial charge in [0.2, 0.25) is 0 Å². The molecule has 0 aromatic heterocycles. The van der Waals surface area contributed by atoms with Gasteiger partial charge in [0.25, 0.3) is 0 Å². The van der Waals surface area contributed by atoms with Gasteiger partial charge in [0.1, 0.15) is 0 Å². The second-order valence-corrected chi connectivity index (χ2v) is 19.8. The van der Waals surface area contributed by atoms with Crippen molar-refractivity contribution in [2.24, 2.45) is 0 Å². The average molecular weight is 661 g/mol. The van der Waals surface area contributed by atoms with Crippen LogP contribution in [0.3, 0.4) is 0 Å². The first-order valence-corrected chi connectivity index (χ1v) is 20.3. The highest BCUT2D eigenvalue weighted by Gasteiger charge is 2.29. The first-order chi connectivity index (χ1) is 19.8. The lowest BCUT2D eigenvalue weighted by atomic mass is 9.94. The van der Waals surface area contributed by atoms with Crippen molar-refractivity contribution >= 4 is 146 Å². The highest BCUT2D eigenvalue weighted by molar-refractivity contribution is 8.47. The van der Waals surface area contributed by atoms with E-state index >= 15 is 0 Å². The van der Waals surface area contributed by atoms with E-state index in [0.29, 0.717) is 0 Å². The second kappa shape index (κ2) is 10.4. The number of hydrogen-bond donors (Lipinski definition) is 0. The molecule has 0 radical (unpaired) electrons. The Bertz CT molecular complexity index is 1830. The molecule has 0 fully saturated rings. The zero-order valence-electron chi connectivity index (χ0n) is 21.0. The molecule has 0 spiro atoms. The first-order valence-electron chi connectivity index (χ1n) is 13.1. The summed E-state index contributed by atoms with van der Waals surface area (Å²) in [6, 6.07) is 27.7. The topological polar surface area (TPSA) is 0 Å². The van der Waals surface area contributed by atoms with Crippen molar-refractivity contribution in [3.8, 4) is 0 Å². The molecule has 4 heterocycles. The molecule has 0 saturated heterocycles. The van der Waals surface area contributed by atoms with E-state index in [0.717, 1.165) is 0 Å². The van der Waals surface area contributed by atoms with E-state index in [-0.39, 0.29) is 0 Å². The van der Waals surface area contributed by atoms with Crippen molar-refractivity contribution in [3.05, 3.63) is 100 Å². The van der Waals surface area contributed by atoms with E-state index in [1.807, 2.05) is 94.1 Å². The predicted octanol–water partition coefficient (Wildman–Crippen LogP) is 10.6. The van der Waals surface area contributed by atoms with Crippen LogP contribution in [-0.2, 0) is 0 Å². The van der Waals surface area contributed by atoms with Gasteiger partial charge in [-0.15, -0.1) is 47.0 Å². The van der Waals surface area contributed by atoms with Crippen LogP contribution >= 0.6 is 94.1 Å². The molecule has 196 valence electrons. The maximum absolute atomic E-state index is 2.48. The highest BCUT2D eigenvalue weighted by Crippen LogP contribution is 2.61. The first kappa shape index (κ1) is 25.6. The van der Waals surface area contributed by atoms with Crippen molar-refractivity contribution in [3.63, 3.8) is 0 Å². The lowest BCUT2D eigenvalue weighted by Gasteiger charge is -2.14. The average Bonchev–Trinajstić information content (AvgIpc) is 3.62. The molecule has 5 aromatic carbocycles. The minimum absolute atomic E-state index is 1.21. The summed E-state index contributed by atoms with van der Waals surface area (Å²) < 4.78 is 8.91. The molecule has 0 nitrogen and oxygen atoms in total. The Morgan fingerprint density at radius 3 is 0.900 bits per heavy atom. The zero-order valence-corrected chi connectivity index (χ0v) is 27.6. The van der Waals surface area contributed by atoms with Crippen molar-refractivity contribution in [2.75, 3.05) is 23.0 Å². The van der Waals surface area contributed by atoms with Gasteiger partial charge < -0.3 is 0 Å². The summed E-state index contributed by atoms with van der Waals surface area (Å²) in [5.41, 5.74) is 0. The van der Waals surface area contributed by atoms with Crippen molar-refractivity contribution in [1.29, 1.82) is 0 Å². The van der Waals surface area contributed by atoms with Crippen LogP contribution in [0.25, 0.3) is 51.6 Å². The molecular formula is C32H20S8. The predicted molar refractivity (Wildman–Crippen MR) is 197 cm³/mol. The summed E-state index contributed by atoms with van der Waals surface area (Å²) in [6.07, 6.45) is 0. The SMILES string of the molecule is c1ccc2cc3c(=C4SC5=C(SCCS5)S4)c4cc5ccccc5cc4c(=C4SC5=C(SCCS5)S4)c3cc2c1. The number of benzene rings is 5. The lowest BCUT2D eigenvalue weighted by molar-refractivity contribution is 1.56. The van der Waals surface area contributed by atoms with E-state index in [9.17, 15) is 0 Å². The Hall–Kier alpha value is -0.840. The molecule has 0 unspecified atom stereocenters. The van der Waals surface area contributed by atoms with Crippen LogP contribution in [0.4, 0.5) is 0 Å². The molecule has 0 atom stereocenters. The minimum atomic E-state index is 1.21. The largest absolute Gasteiger partial charge is 0.116 e. The molecule has 9 rings (SSSR count). The molecule has 4 aliphatic heterocycles. The molecule has 40 heavy (non-hydrogen) atoms. The summed E-state index contributed by atoms with van der Waals surface area (Å²) in [5, 5.41) is 13.7. The molecule has 5 aromatic rings. The van der Waals surface area contributed by atoms with Crippen molar-refractivity contribution < 1.29 is 0 Å². The molecule has 8 heteroatoms. The van der Waals surface area contributed by atoms with Gasteiger partial charge in [0.05, 0.1) is 25.4 Å². The Kier molecular flexibility index (Phi) is 6.67. The summed E-state index contributed by atoms with van der Waals surface area (Å²) in [4.78, 5) is 0. The monoisotopic (exact) mass is 660 g/mol. The Morgan fingerprint density at radius 2 is 0.625 bits per heavy atom. The molecule has 0 bridgehead atoms. The van der Waals surface area contributed by atoms with Crippen molar-refractivity contribution in [2.45, 2.75) is 0 Å². The molecule has 0 saturated carbocycles. The standard InChI is InChI=1S/C32H20S8/c1-2-6-18-14-22-21(13-17(18)5-1)25(27-37-29-30(38-27)34-10-9-33-29)23-15-19-7-3-4-8-20(19)16-24(23)26(22)28-39-31-32(40-28)36-12-11-35-31/h1-8,13-16H,9-12H2. The zero-order chi connectivity index (χ0) is 26.2. The van der Waals surface area contributed by atoms with Gasteiger partial charge in [-0.05, 0) is 67.4 Å². The summed E-state index contributed by atoms with van der Waals surface area (Å²) in [7, 11) is 0. The Balaban J connectivity index is 1.48. The van der Waals surface area contributed by atoms with Crippen LogP contribution in [0, 0.1) is 0 Å². The smallest absolute Gasteiger partial charge is 0.0660 e. The molecule has 0 aliphatic carbocycles. The lowest BCUT2D eigenvalue weighted by Crippen LogP contribution is -2.17. The minimum Gasteiger partial charge on any atom is -0.116 e. The maximum Gasteiger partial charge on any atom is 0.0660 e. The number of rotatable bonds is 0. The molecule has 0 amide bonds. The summed E-state index contributed by atoms with van der Waals surface area (Å²) in [5.74, 6) is 4.84. The quantitative estimate of drug-likeness (QED) is 0.149. The van der Waals surface area contributed by atoms with Gasteiger partial charge in [0.15, 0.2) is 0 Å².